The van der Waals surface area contributed by atoms with Gasteiger partial charge in [0, 0.05) is 16.5 Å². The Balaban J connectivity index is 1.17. The van der Waals surface area contributed by atoms with Crippen molar-refractivity contribution in [3.63, 3.8) is 0 Å². The Bertz CT molecular complexity index is 1570. The summed E-state index contributed by atoms with van der Waals surface area (Å²) in [6, 6.07) is 16.1. The minimum atomic E-state index is -0.948. The van der Waals surface area contributed by atoms with Crippen LogP contribution >= 0.6 is 34.8 Å². The third-order valence-electron chi connectivity index (χ3n) is 7.82. The molecular weight excluding hydrogens is 573 g/mol. The van der Waals surface area contributed by atoms with Gasteiger partial charge in [-0.15, -0.1) is 0 Å². The molecule has 0 radical (unpaired) electrons. The molecule has 9 heteroatoms. The Labute approximate surface area is 246 Å². The van der Waals surface area contributed by atoms with Gasteiger partial charge in [0.25, 0.3) is 0 Å². The quantitative estimate of drug-likeness (QED) is 0.207. The van der Waals surface area contributed by atoms with Crippen LogP contribution in [0.25, 0.3) is 11.3 Å². The third-order valence-corrected chi connectivity index (χ3v) is 8.77. The summed E-state index contributed by atoms with van der Waals surface area (Å²) in [4.78, 5) is 11.5. The van der Waals surface area contributed by atoms with Crippen LogP contribution in [0.3, 0.4) is 0 Å². The fourth-order valence-electron chi connectivity index (χ4n) is 5.44. The highest BCUT2D eigenvalue weighted by molar-refractivity contribution is 6.39. The Morgan fingerprint density at radius 2 is 1.68 bits per heavy atom. The summed E-state index contributed by atoms with van der Waals surface area (Å²) in [6.45, 7) is 0.243. The molecule has 1 heterocycles. The van der Waals surface area contributed by atoms with E-state index < -0.39 is 5.97 Å². The molecule has 2 aliphatic carbocycles. The van der Waals surface area contributed by atoms with E-state index in [2.05, 4.69) is 5.16 Å². The van der Waals surface area contributed by atoms with E-state index in [0.717, 1.165) is 48.1 Å². The number of carboxylic acid groups (broad SMARTS) is 1. The molecule has 2 saturated carbocycles. The van der Waals surface area contributed by atoms with E-state index in [1.807, 2.05) is 18.2 Å². The van der Waals surface area contributed by atoms with E-state index in [0.29, 0.717) is 43.7 Å². The third kappa shape index (κ3) is 5.16. The number of hydrogen-bond donors (Lipinski definition) is 1. The van der Waals surface area contributed by atoms with Crippen LogP contribution in [0.5, 0.6) is 11.5 Å². The molecule has 3 aromatic carbocycles. The zero-order valence-corrected chi connectivity index (χ0v) is 23.9. The number of aromatic carboxylic acids is 1. The number of carbonyl (C=O) groups is 1. The fourth-order valence-corrected chi connectivity index (χ4v) is 6.35. The molecule has 40 heavy (non-hydrogen) atoms. The highest BCUT2D eigenvalue weighted by Gasteiger charge is 2.35. The van der Waals surface area contributed by atoms with Gasteiger partial charge >= 0.3 is 5.97 Å². The van der Waals surface area contributed by atoms with Crippen LogP contribution < -0.4 is 9.47 Å². The van der Waals surface area contributed by atoms with E-state index >= 15 is 0 Å². The summed E-state index contributed by atoms with van der Waals surface area (Å²) in [5, 5.41) is 15.4. The van der Waals surface area contributed by atoms with Gasteiger partial charge < -0.3 is 19.1 Å². The van der Waals surface area contributed by atoms with Crippen LogP contribution in [0.1, 0.15) is 76.2 Å². The lowest BCUT2D eigenvalue weighted by atomic mass is 9.68. The summed E-state index contributed by atoms with van der Waals surface area (Å²) >= 11 is 19.7. The van der Waals surface area contributed by atoms with Crippen molar-refractivity contribution in [2.24, 2.45) is 0 Å². The van der Waals surface area contributed by atoms with E-state index in [9.17, 15) is 9.90 Å². The van der Waals surface area contributed by atoms with Gasteiger partial charge in [0.1, 0.15) is 29.6 Å². The smallest absolute Gasteiger partial charge is 0.335 e. The summed E-state index contributed by atoms with van der Waals surface area (Å²) in [5.41, 5.74) is 4.31. The average molecular weight is 599 g/mol. The maximum atomic E-state index is 11.5. The van der Waals surface area contributed by atoms with Crippen molar-refractivity contribution in [2.45, 2.75) is 50.0 Å². The summed E-state index contributed by atoms with van der Waals surface area (Å²) in [7, 11) is 1.60. The van der Waals surface area contributed by atoms with Crippen LogP contribution in [-0.2, 0) is 6.61 Å². The molecule has 0 atom stereocenters. The number of methoxy groups -OCH3 is 1. The largest absolute Gasteiger partial charge is 0.496 e. The monoisotopic (exact) mass is 597 g/mol. The minimum absolute atomic E-state index is 0.204. The Morgan fingerprint density at radius 1 is 0.950 bits per heavy atom. The first-order chi connectivity index (χ1) is 19.3. The van der Waals surface area contributed by atoms with Crippen molar-refractivity contribution < 1.29 is 23.9 Å². The SMILES string of the molecule is COc1ccc(C(=O)O)cc1C1CC(c2ccc(OCc3c(-c4c(Cl)cccc4Cl)noc3C3CC3)cc2Cl)C1. The van der Waals surface area contributed by atoms with E-state index in [-0.39, 0.29) is 24.0 Å². The van der Waals surface area contributed by atoms with Crippen molar-refractivity contribution in [1.82, 2.24) is 5.16 Å². The first kappa shape index (κ1) is 27.0. The average Bonchev–Trinajstić information content (AvgIpc) is 3.67. The van der Waals surface area contributed by atoms with Crippen molar-refractivity contribution in [3.05, 3.63) is 97.7 Å². The number of hydrogen-bond acceptors (Lipinski definition) is 5. The highest BCUT2D eigenvalue weighted by Crippen LogP contribution is 2.52. The Morgan fingerprint density at radius 3 is 2.33 bits per heavy atom. The molecule has 1 aromatic heterocycles. The summed E-state index contributed by atoms with van der Waals surface area (Å²) in [5.74, 6) is 2.01. The number of aromatic nitrogens is 1. The van der Waals surface area contributed by atoms with Gasteiger partial charge in [0.2, 0.25) is 0 Å². The number of nitrogens with zero attached hydrogens (tertiary/aromatic N) is 1. The number of rotatable bonds is 9. The van der Waals surface area contributed by atoms with Crippen molar-refractivity contribution >= 4 is 40.8 Å². The van der Waals surface area contributed by atoms with E-state index in [1.165, 1.54) is 0 Å². The van der Waals surface area contributed by atoms with E-state index in [4.69, 9.17) is 48.8 Å². The lowest BCUT2D eigenvalue weighted by Crippen LogP contribution is -2.21. The second-order valence-electron chi connectivity index (χ2n) is 10.3. The van der Waals surface area contributed by atoms with Gasteiger partial charge in [-0.2, -0.15) is 0 Å². The van der Waals surface area contributed by atoms with Gasteiger partial charge in [-0.1, -0.05) is 52.1 Å². The Hall–Kier alpha value is -3.19. The molecule has 0 bridgehead atoms. The van der Waals surface area contributed by atoms with Gasteiger partial charge in [0.15, 0.2) is 0 Å². The minimum Gasteiger partial charge on any atom is -0.496 e. The molecule has 0 saturated heterocycles. The zero-order valence-electron chi connectivity index (χ0n) is 21.6. The molecule has 2 fully saturated rings. The second-order valence-corrected chi connectivity index (χ2v) is 11.6. The molecule has 6 nitrogen and oxygen atoms in total. The van der Waals surface area contributed by atoms with Crippen molar-refractivity contribution in [2.75, 3.05) is 7.11 Å². The molecule has 0 amide bonds. The van der Waals surface area contributed by atoms with Crippen LogP contribution in [-0.4, -0.2) is 23.3 Å². The first-order valence-electron chi connectivity index (χ1n) is 13.1. The summed E-state index contributed by atoms with van der Waals surface area (Å²) in [6.07, 6.45) is 3.81. The predicted molar refractivity (Wildman–Crippen MR) is 154 cm³/mol. The maximum Gasteiger partial charge on any atom is 0.335 e. The molecule has 0 aliphatic heterocycles. The lowest BCUT2D eigenvalue weighted by molar-refractivity contribution is 0.0696. The standard InChI is InChI=1S/C31H26Cl3NO5/c1-38-27-10-7-17(31(36)37)13-22(27)19-11-18(12-19)21-9-8-20(14-26(21)34)39-15-23-29(35-40-30(23)16-5-6-16)28-24(32)3-2-4-25(28)33/h2-4,7-10,13-14,16,18-19H,5-6,11-12,15H2,1H3,(H,36,37). The van der Waals surface area contributed by atoms with Gasteiger partial charge in [-0.25, -0.2) is 4.79 Å². The van der Waals surface area contributed by atoms with Gasteiger partial charge in [-0.3, -0.25) is 0 Å². The molecule has 0 unspecified atom stereocenters. The molecule has 4 aromatic rings. The van der Waals surface area contributed by atoms with Crippen molar-refractivity contribution in [1.29, 1.82) is 0 Å². The maximum absolute atomic E-state index is 11.5. The zero-order chi connectivity index (χ0) is 28.0. The topological polar surface area (TPSA) is 81.8 Å². The first-order valence-corrected chi connectivity index (χ1v) is 14.2. The van der Waals surface area contributed by atoms with Crippen LogP contribution in [0.15, 0.2) is 59.1 Å². The van der Waals surface area contributed by atoms with Crippen LogP contribution in [0.2, 0.25) is 15.1 Å². The van der Waals surface area contributed by atoms with Crippen molar-refractivity contribution in [3.8, 4) is 22.8 Å². The molecule has 2 aliphatic rings. The fraction of sp³-hybridized carbons (Fsp3) is 0.290. The highest BCUT2D eigenvalue weighted by atomic mass is 35.5. The van der Waals surface area contributed by atoms with Crippen LogP contribution in [0.4, 0.5) is 0 Å². The molecule has 0 spiro atoms. The number of benzene rings is 3. The van der Waals surface area contributed by atoms with Gasteiger partial charge in [0.05, 0.1) is 28.3 Å². The van der Waals surface area contributed by atoms with E-state index in [1.54, 1.807) is 43.5 Å². The van der Waals surface area contributed by atoms with Crippen LogP contribution in [0, 0.1) is 0 Å². The molecule has 206 valence electrons. The van der Waals surface area contributed by atoms with Gasteiger partial charge in [-0.05, 0) is 91.1 Å². The second kappa shape index (κ2) is 11.0. The lowest BCUT2D eigenvalue weighted by Gasteiger charge is -2.37. The number of ether oxygens (including phenoxy) is 2. The normalized spacial score (nSPS) is 18.3. The molecular formula is C31H26Cl3NO5. The molecule has 6 rings (SSSR count). The molecule has 1 N–H and O–H groups in total. The number of carboxylic acids is 1. The predicted octanol–water partition coefficient (Wildman–Crippen LogP) is 9.13. The number of halogens is 3. The Kier molecular flexibility index (Phi) is 7.43. The summed E-state index contributed by atoms with van der Waals surface area (Å²) < 4.78 is 17.4.